The Balaban J connectivity index is 1.77. The van der Waals surface area contributed by atoms with Crippen molar-refractivity contribution in [1.29, 1.82) is 0 Å². The molecule has 0 bridgehead atoms. The number of hydrogen-bond donors (Lipinski definition) is 2. The minimum absolute atomic E-state index is 0.737. The molecule has 0 unspecified atom stereocenters. The first-order chi connectivity index (χ1) is 12.7. The average Bonchev–Trinajstić information content (AvgIpc) is 2.68. The summed E-state index contributed by atoms with van der Waals surface area (Å²) in [4.78, 5) is 4.25. The van der Waals surface area contributed by atoms with Gasteiger partial charge in [0.15, 0.2) is 17.5 Å². The predicted octanol–water partition coefficient (Wildman–Crippen LogP) is 3.31. The molecule has 0 atom stereocenters. The first kappa shape index (κ1) is 19.9. The molecule has 0 fully saturated rings. The minimum Gasteiger partial charge on any atom is -0.493 e. The molecule has 0 saturated carbocycles. The van der Waals surface area contributed by atoms with Crippen LogP contribution in [0, 0.1) is 0 Å². The van der Waals surface area contributed by atoms with Crippen LogP contribution in [0.3, 0.4) is 0 Å². The summed E-state index contributed by atoms with van der Waals surface area (Å²) in [6.45, 7) is 1.53. The largest absolute Gasteiger partial charge is 0.493 e. The van der Waals surface area contributed by atoms with E-state index in [1.807, 2.05) is 42.5 Å². The highest BCUT2D eigenvalue weighted by Gasteiger charge is 2.05. The summed E-state index contributed by atoms with van der Waals surface area (Å²) in [5.41, 5.74) is 2.30. The third-order valence-electron chi connectivity index (χ3n) is 4.02. The Hall–Kier alpha value is -2.40. The monoisotopic (exact) mass is 375 g/mol. The molecule has 0 aliphatic rings. The Morgan fingerprint density at radius 3 is 2.31 bits per heavy atom. The van der Waals surface area contributed by atoms with Crippen LogP contribution in [0.5, 0.6) is 11.5 Å². The van der Waals surface area contributed by atoms with Gasteiger partial charge in [0, 0.05) is 25.2 Å². The lowest BCUT2D eigenvalue weighted by atomic mass is 10.1. The zero-order valence-corrected chi connectivity index (χ0v) is 16.3. The fourth-order valence-corrected chi connectivity index (χ4v) is 2.83. The van der Waals surface area contributed by atoms with E-state index in [0.29, 0.717) is 0 Å². The number of aliphatic imine (C=N–C) groups is 1. The lowest BCUT2D eigenvalue weighted by Crippen LogP contribution is -2.39. The molecule has 0 aromatic heterocycles. The number of nitrogens with zero attached hydrogens (tertiary/aromatic N) is 1. The van der Waals surface area contributed by atoms with Crippen molar-refractivity contribution in [2.24, 2.45) is 4.99 Å². The second-order valence-corrected chi connectivity index (χ2v) is 6.11. The maximum Gasteiger partial charge on any atom is 0.190 e. The Bertz CT molecular complexity index is 735. The molecule has 2 rings (SSSR count). The van der Waals surface area contributed by atoms with Crippen LogP contribution in [0.25, 0.3) is 0 Å². The number of methoxy groups -OCH3 is 2. The molecule has 0 aliphatic carbocycles. The highest BCUT2D eigenvalue weighted by atomic mass is 35.5. The van der Waals surface area contributed by atoms with Gasteiger partial charge in [-0.15, -0.1) is 0 Å². The van der Waals surface area contributed by atoms with Crippen LogP contribution >= 0.6 is 11.6 Å². The standard InChI is InChI=1S/C20H26ClN3O2/c1-22-20(24-13-11-16-6-4-5-7-17(16)21)23-12-10-15-8-9-18(25-2)19(14-15)26-3/h4-9,14H,10-13H2,1-3H3,(H2,22,23,24). The molecule has 2 aromatic rings. The van der Waals surface area contributed by atoms with E-state index in [9.17, 15) is 0 Å². The summed E-state index contributed by atoms with van der Waals surface area (Å²) in [5, 5.41) is 7.42. The molecule has 140 valence electrons. The van der Waals surface area contributed by atoms with Crippen molar-refractivity contribution in [2.45, 2.75) is 12.8 Å². The highest BCUT2D eigenvalue weighted by Crippen LogP contribution is 2.27. The summed E-state index contributed by atoms with van der Waals surface area (Å²) in [7, 11) is 5.04. The Kier molecular flexibility index (Phi) is 8.09. The quantitative estimate of drug-likeness (QED) is 0.549. The number of rotatable bonds is 8. The number of benzene rings is 2. The van der Waals surface area contributed by atoms with Crippen LogP contribution in [-0.4, -0.2) is 40.3 Å². The van der Waals surface area contributed by atoms with Gasteiger partial charge in [0.05, 0.1) is 14.2 Å². The number of nitrogens with one attached hydrogen (secondary N) is 2. The van der Waals surface area contributed by atoms with Gasteiger partial charge in [-0.3, -0.25) is 4.99 Å². The minimum atomic E-state index is 0.737. The molecular weight excluding hydrogens is 350 g/mol. The first-order valence-corrected chi connectivity index (χ1v) is 8.94. The van der Waals surface area contributed by atoms with E-state index in [4.69, 9.17) is 21.1 Å². The van der Waals surface area contributed by atoms with Crippen molar-refractivity contribution >= 4 is 17.6 Å². The van der Waals surface area contributed by atoms with E-state index in [0.717, 1.165) is 54.0 Å². The Labute approximate surface area is 160 Å². The maximum absolute atomic E-state index is 6.18. The van der Waals surface area contributed by atoms with Crippen LogP contribution < -0.4 is 20.1 Å². The van der Waals surface area contributed by atoms with Gasteiger partial charge < -0.3 is 20.1 Å². The zero-order valence-electron chi connectivity index (χ0n) is 15.5. The Morgan fingerprint density at radius 2 is 1.65 bits per heavy atom. The maximum atomic E-state index is 6.18. The SMILES string of the molecule is CN=C(NCCc1ccc(OC)c(OC)c1)NCCc1ccccc1Cl. The van der Waals surface area contributed by atoms with Crippen molar-refractivity contribution in [3.05, 3.63) is 58.6 Å². The molecule has 6 heteroatoms. The number of guanidine groups is 1. The molecular formula is C20H26ClN3O2. The van der Waals surface area contributed by atoms with Crippen LogP contribution in [0.4, 0.5) is 0 Å². The number of halogens is 1. The van der Waals surface area contributed by atoms with Gasteiger partial charge in [0.1, 0.15) is 0 Å². The van der Waals surface area contributed by atoms with Crippen LogP contribution in [0.15, 0.2) is 47.5 Å². The van der Waals surface area contributed by atoms with Crippen molar-refractivity contribution in [3.8, 4) is 11.5 Å². The molecule has 5 nitrogen and oxygen atoms in total. The summed E-state index contributed by atoms with van der Waals surface area (Å²) in [6.07, 6.45) is 1.70. The lowest BCUT2D eigenvalue weighted by molar-refractivity contribution is 0.354. The van der Waals surface area contributed by atoms with Gasteiger partial charge in [-0.25, -0.2) is 0 Å². The fourth-order valence-electron chi connectivity index (χ4n) is 2.60. The van der Waals surface area contributed by atoms with Crippen molar-refractivity contribution in [1.82, 2.24) is 10.6 Å². The van der Waals surface area contributed by atoms with E-state index in [-0.39, 0.29) is 0 Å². The van der Waals surface area contributed by atoms with Crippen LogP contribution in [-0.2, 0) is 12.8 Å². The third-order valence-corrected chi connectivity index (χ3v) is 4.39. The van der Waals surface area contributed by atoms with Crippen molar-refractivity contribution in [2.75, 3.05) is 34.4 Å². The van der Waals surface area contributed by atoms with E-state index in [1.54, 1.807) is 21.3 Å². The van der Waals surface area contributed by atoms with Gasteiger partial charge in [-0.1, -0.05) is 35.9 Å². The summed E-state index contributed by atoms with van der Waals surface area (Å²) in [5.74, 6) is 2.26. The smallest absolute Gasteiger partial charge is 0.190 e. The molecule has 0 saturated heterocycles. The topological polar surface area (TPSA) is 54.9 Å². The second kappa shape index (κ2) is 10.6. The molecule has 0 aliphatic heterocycles. The summed E-state index contributed by atoms with van der Waals surface area (Å²) in [6, 6.07) is 13.8. The summed E-state index contributed by atoms with van der Waals surface area (Å²) >= 11 is 6.18. The Morgan fingerprint density at radius 1 is 0.962 bits per heavy atom. The highest BCUT2D eigenvalue weighted by molar-refractivity contribution is 6.31. The third kappa shape index (κ3) is 5.85. The second-order valence-electron chi connectivity index (χ2n) is 5.71. The van der Waals surface area contributed by atoms with Crippen LogP contribution in [0.1, 0.15) is 11.1 Å². The normalized spacial score (nSPS) is 11.2. The van der Waals surface area contributed by atoms with E-state index >= 15 is 0 Å². The van der Waals surface area contributed by atoms with Crippen LogP contribution in [0.2, 0.25) is 5.02 Å². The summed E-state index contributed by atoms with van der Waals surface area (Å²) < 4.78 is 10.6. The molecule has 0 spiro atoms. The molecule has 2 N–H and O–H groups in total. The van der Waals surface area contributed by atoms with Gasteiger partial charge in [0.2, 0.25) is 0 Å². The fraction of sp³-hybridized carbons (Fsp3) is 0.350. The molecule has 0 amide bonds. The number of ether oxygens (including phenoxy) is 2. The first-order valence-electron chi connectivity index (χ1n) is 8.56. The van der Waals surface area contributed by atoms with Gasteiger partial charge in [0.25, 0.3) is 0 Å². The van der Waals surface area contributed by atoms with Crippen molar-refractivity contribution in [3.63, 3.8) is 0 Å². The van der Waals surface area contributed by atoms with E-state index in [2.05, 4.69) is 15.6 Å². The molecule has 0 heterocycles. The molecule has 0 radical (unpaired) electrons. The van der Waals surface area contributed by atoms with Crippen molar-refractivity contribution < 1.29 is 9.47 Å². The van der Waals surface area contributed by atoms with Gasteiger partial charge in [-0.2, -0.15) is 0 Å². The zero-order chi connectivity index (χ0) is 18.8. The lowest BCUT2D eigenvalue weighted by Gasteiger charge is -2.13. The average molecular weight is 376 g/mol. The van der Waals surface area contributed by atoms with E-state index < -0.39 is 0 Å². The number of hydrogen-bond acceptors (Lipinski definition) is 3. The predicted molar refractivity (Wildman–Crippen MR) is 108 cm³/mol. The molecule has 26 heavy (non-hydrogen) atoms. The van der Waals surface area contributed by atoms with Gasteiger partial charge in [-0.05, 0) is 42.2 Å². The van der Waals surface area contributed by atoms with Gasteiger partial charge >= 0.3 is 0 Å². The van der Waals surface area contributed by atoms with E-state index in [1.165, 1.54) is 5.56 Å². The molecule has 2 aromatic carbocycles.